The number of hydrogen-bond donors (Lipinski definition) is 1. The minimum atomic E-state index is -0.303. The minimum absolute atomic E-state index is 0. The van der Waals surface area contributed by atoms with E-state index in [4.69, 9.17) is 14.0 Å². The molecule has 9 heteroatoms. The van der Waals surface area contributed by atoms with E-state index >= 15 is 0 Å². The van der Waals surface area contributed by atoms with Crippen molar-refractivity contribution in [2.24, 2.45) is 0 Å². The van der Waals surface area contributed by atoms with Gasteiger partial charge in [0.05, 0.1) is 24.6 Å². The van der Waals surface area contributed by atoms with Crippen molar-refractivity contribution in [3.63, 3.8) is 0 Å². The van der Waals surface area contributed by atoms with Crippen LogP contribution in [0.1, 0.15) is 0 Å². The number of para-hydroxylation sites is 1. The van der Waals surface area contributed by atoms with E-state index in [-0.39, 0.29) is 24.9 Å². The number of hydrogen-bond acceptors (Lipinski definition) is 7. The average molecular weight is 439 g/mol. The molecule has 0 spiro atoms. The van der Waals surface area contributed by atoms with Gasteiger partial charge < -0.3 is 19.3 Å². The van der Waals surface area contributed by atoms with E-state index in [1.807, 2.05) is 30.3 Å². The maximum atomic E-state index is 12.1. The lowest BCUT2D eigenvalue weighted by Crippen LogP contribution is -2.20. The van der Waals surface area contributed by atoms with Gasteiger partial charge in [0.15, 0.2) is 6.61 Å². The number of carbonyl (C=O) groups is 1. The van der Waals surface area contributed by atoms with Crippen molar-refractivity contribution in [1.29, 1.82) is 0 Å². The SMILES string of the molecule is COc1ccc(-c2noc(-c3ccccc3OCC(=O)Nc3cccnc3)n2)cc1.Cl. The Morgan fingerprint density at radius 1 is 1.06 bits per heavy atom. The number of ether oxygens (including phenoxy) is 2. The van der Waals surface area contributed by atoms with Crippen molar-refractivity contribution in [3.05, 3.63) is 73.1 Å². The zero-order valence-corrected chi connectivity index (χ0v) is 17.3. The predicted octanol–water partition coefficient (Wildman–Crippen LogP) is 4.25. The Bertz CT molecular complexity index is 1130. The molecule has 4 aromatic rings. The summed E-state index contributed by atoms with van der Waals surface area (Å²) in [6, 6.07) is 18.0. The second kappa shape index (κ2) is 10.2. The van der Waals surface area contributed by atoms with Crippen molar-refractivity contribution in [2.75, 3.05) is 19.0 Å². The van der Waals surface area contributed by atoms with Crippen LogP contribution in [0, 0.1) is 0 Å². The van der Waals surface area contributed by atoms with Crippen molar-refractivity contribution < 1.29 is 18.8 Å². The number of nitrogens with zero attached hydrogens (tertiary/aromatic N) is 3. The molecule has 2 heterocycles. The topological polar surface area (TPSA) is 99.4 Å². The van der Waals surface area contributed by atoms with Crippen LogP contribution in [0.2, 0.25) is 0 Å². The summed E-state index contributed by atoms with van der Waals surface area (Å²) in [4.78, 5) is 20.6. The van der Waals surface area contributed by atoms with Crippen LogP contribution in [0.3, 0.4) is 0 Å². The summed E-state index contributed by atoms with van der Waals surface area (Å²) in [7, 11) is 1.61. The van der Waals surface area contributed by atoms with Crippen LogP contribution in [-0.2, 0) is 4.79 Å². The molecule has 0 aliphatic rings. The monoisotopic (exact) mass is 438 g/mol. The molecule has 0 saturated carbocycles. The molecule has 0 saturated heterocycles. The highest BCUT2D eigenvalue weighted by Gasteiger charge is 2.16. The first-order valence-corrected chi connectivity index (χ1v) is 9.13. The number of halogens is 1. The standard InChI is InChI=1S/C22H18N4O4.ClH/c1-28-17-10-8-15(9-11-17)21-25-22(30-26-21)18-6-2-3-7-19(18)29-14-20(27)24-16-5-4-12-23-13-16;/h2-13H,14H2,1H3,(H,24,27);1H. The van der Waals surface area contributed by atoms with Crippen molar-refractivity contribution in [1.82, 2.24) is 15.1 Å². The number of nitrogens with one attached hydrogen (secondary N) is 1. The van der Waals surface area contributed by atoms with E-state index in [1.54, 1.807) is 49.8 Å². The van der Waals surface area contributed by atoms with Gasteiger partial charge in [-0.3, -0.25) is 9.78 Å². The van der Waals surface area contributed by atoms with Crippen LogP contribution in [-0.4, -0.2) is 34.7 Å². The van der Waals surface area contributed by atoms with Gasteiger partial charge in [-0.2, -0.15) is 4.98 Å². The van der Waals surface area contributed by atoms with Gasteiger partial charge in [0, 0.05) is 11.8 Å². The molecular formula is C22H19ClN4O4. The molecule has 8 nitrogen and oxygen atoms in total. The summed E-state index contributed by atoms with van der Waals surface area (Å²) < 4.78 is 16.3. The average Bonchev–Trinajstić information content (AvgIpc) is 3.29. The molecule has 0 radical (unpaired) electrons. The van der Waals surface area contributed by atoms with Crippen LogP contribution < -0.4 is 14.8 Å². The maximum Gasteiger partial charge on any atom is 0.262 e. The van der Waals surface area contributed by atoms with Crippen molar-refractivity contribution in [3.8, 4) is 34.3 Å². The van der Waals surface area contributed by atoms with Gasteiger partial charge in [-0.1, -0.05) is 17.3 Å². The lowest BCUT2D eigenvalue weighted by molar-refractivity contribution is -0.118. The maximum absolute atomic E-state index is 12.1. The Hall–Kier alpha value is -3.91. The van der Waals surface area contributed by atoms with Gasteiger partial charge in [-0.05, 0) is 48.5 Å². The molecule has 0 aliphatic carbocycles. The summed E-state index contributed by atoms with van der Waals surface area (Å²) in [6.07, 6.45) is 3.19. The molecular weight excluding hydrogens is 420 g/mol. The lowest BCUT2D eigenvalue weighted by Gasteiger charge is -2.09. The molecule has 4 rings (SSSR count). The molecule has 31 heavy (non-hydrogen) atoms. The zero-order chi connectivity index (χ0) is 20.8. The van der Waals surface area contributed by atoms with Crippen molar-refractivity contribution >= 4 is 24.0 Å². The van der Waals surface area contributed by atoms with Gasteiger partial charge in [0.25, 0.3) is 11.8 Å². The van der Waals surface area contributed by atoms with Crippen molar-refractivity contribution in [2.45, 2.75) is 0 Å². The predicted molar refractivity (Wildman–Crippen MR) is 117 cm³/mol. The molecule has 0 atom stereocenters. The quantitative estimate of drug-likeness (QED) is 0.460. The molecule has 2 aromatic carbocycles. The third kappa shape index (κ3) is 5.37. The van der Waals surface area contributed by atoms with Crippen LogP contribution in [0.15, 0.2) is 77.6 Å². The Labute approximate surface area is 184 Å². The smallest absolute Gasteiger partial charge is 0.262 e. The number of amides is 1. The summed E-state index contributed by atoms with van der Waals surface area (Å²) >= 11 is 0. The van der Waals surface area contributed by atoms with Gasteiger partial charge >= 0.3 is 0 Å². The number of aromatic nitrogens is 3. The first-order valence-electron chi connectivity index (χ1n) is 9.13. The van der Waals surface area contributed by atoms with E-state index in [2.05, 4.69) is 20.4 Å². The van der Waals surface area contributed by atoms with E-state index in [0.717, 1.165) is 11.3 Å². The summed E-state index contributed by atoms with van der Waals surface area (Å²) in [5.41, 5.74) is 1.99. The number of methoxy groups -OCH3 is 1. The molecule has 1 N–H and O–H groups in total. The fourth-order valence-electron chi connectivity index (χ4n) is 2.74. The van der Waals surface area contributed by atoms with E-state index in [1.165, 1.54) is 0 Å². The molecule has 0 aliphatic heterocycles. The Kier molecular flexibility index (Phi) is 7.18. The molecule has 2 aromatic heterocycles. The Morgan fingerprint density at radius 2 is 1.87 bits per heavy atom. The van der Waals surface area contributed by atoms with Gasteiger partial charge in [0.1, 0.15) is 11.5 Å². The van der Waals surface area contributed by atoms with E-state index in [9.17, 15) is 4.79 Å². The van der Waals surface area contributed by atoms with E-state index in [0.29, 0.717) is 28.7 Å². The lowest BCUT2D eigenvalue weighted by atomic mass is 10.2. The molecule has 1 amide bonds. The highest BCUT2D eigenvalue weighted by atomic mass is 35.5. The van der Waals surface area contributed by atoms with Gasteiger partial charge in [0.2, 0.25) is 5.82 Å². The summed E-state index contributed by atoms with van der Waals surface area (Å²) in [6.45, 7) is -0.175. The third-order valence-electron chi connectivity index (χ3n) is 4.20. The second-order valence-corrected chi connectivity index (χ2v) is 6.23. The largest absolute Gasteiger partial charge is 0.497 e. The first-order chi connectivity index (χ1) is 14.7. The molecule has 158 valence electrons. The number of carbonyl (C=O) groups excluding carboxylic acids is 1. The highest BCUT2D eigenvalue weighted by Crippen LogP contribution is 2.30. The zero-order valence-electron chi connectivity index (χ0n) is 16.5. The third-order valence-corrected chi connectivity index (χ3v) is 4.20. The summed E-state index contributed by atoms with van der Waals surface area (Å²) in [5.74, 6) is 1.64. The van der Waals surface area contributed by atoms with Crippen LogP contribution in [0.5, 0.6) is 11.5 Å². The number of pyridine rings is 1. The van der Waals surface area contributed by atoms with Gasteiger partial charge in [-0.15, -0.1) is 12.4 Å². The molecule has 0 fully saturated rings. The van der Waals surface area contributed by atoms with Gasteiger partial charge in [-0.25, -0.2) is 0 Å². The Balaban J connectivity index is 0.00000272. The second-order valence-electron chi connectivity index (χ2n) is 6.23. The molecule has 0 bridgehead atoms. The van der Waals surface area contributed by atoms with Crippen LogP contribution >= 0.6 is 12.4 Å². The van der Waals surface area contributed by atoms with E-state index < -0.39 is 0 Å². The fourth-order valence-corrected chi connectivity index (χ4v) is 2.74. The minimum Gasteiger partial charge on any atom is -0.497 e. The molecule has 0 unspecified atom stereocenters. The Morgan fingerprint density at radius 3 is 2.61 bits per heavy atom. The van der Waals surface area contributed by atoms with Crippen LogP contribution in [0.25, 0.3) is 22.8 Å². The van der Waals surface area contributed by atoms with Crippen LogP contribution in [0.4, 0.5) is 5.69 Å². The normalized spacial score (nSPS) is 10.1. The highest BCUT2D eigenvalue weighted by molar-refractivity contribution is 5.91. The number of benzene rings is 2. The fraction of sp³-hybridized carbons (Fsp3) is 0.0909. The number of anilines is 1. The summed E-state index contributed by atoms with van der Waals surface area (Å²) in [5, 5.41) is 6.76. The first kappa shape index (κ1) is 21.8. The number of rotatable bonds is 7.